The van der Waals surface area contributed by atoms with Gasteiger partial charge in [-0.05, 0) is 48.1 Å². The number of likely N-dealkylation sites (tertiary alicyclic amines) is 1. The Labute approximate surface area is 184 Å². The van der Waals surface area contributed by atoms with Crippen molar-refractivity contribution in [2.75, 3.05) is 20.2 Å². The molecule has 162 valence electrons. The summed E-state index contributed by atoms with van der Waals surface area (Å²) in [5, 5.41) is 15.7. The Hall–Kier alpha value is -2.84. The first-order chi connectivity index (χ1) is 15.0. The summed E-state index contributed by atoms with van der Waals surface area (Å²) < 4.78 is 12.4. The third-order valence-electron chi connectivity index (χ3n) is 5.86. The molecular formula is C23H26N4O3S. The van der Waals surface area contributed by atoms with Gasteiger partial charge >= 0.3 is 0 Å². The van der Waals surface area contributed by atoms with E-state index in [-0.39, 0.29) is 11.9 Å². The highest BCUT2D eigenvalue weighted by atomic mass is 32.1. The van der Waals surface area contributed by atoms with Gasteiger partial charge in [0.25, 0.3) is 0 Å². The van der Waals surface area contributed by atoms with Crippen LogP contribution in [0.15, 0.2) is 47.1 Å². The molecule has 0 unspecified atom stereocenters. The number of thiazole rings is 1. The first-order valence-corrected chi connectivity index (χ1v) is 11.4. The molecule has 1 aromatic carbocycles. The van der Waals surface area contributed by atoms with Crippen LogP contribution in [-0.2, 0) is 0 Å². The molecule has 1 saturated heterocycles. The fourth-order valence-corrected chi connectivity index (χ4v) is 5.82. The lowest BCUT2D eigenvalue weighted by molar-refractivity contribution is 0.111. The average molecular weight is 439 g/mol. The zero-order valence-electron chi connectivity index (χ0n) is 17.9. The van der Waals surface area contributed by atoms with E-state index >= 15 is 0 Å². The van der Waals surface area contributed by atoms with E-state index in [1.54, 1.807) is 19.4 Å². The first kappa shape index (κ1) is 20.1. The number of methoxy groups -OCH3 is 1. The number of hydrogen-bond acceptors (Lipinski definition) is 7. The third kappa shape index (κ3) is 3.70. The van der Waals surface area contributed by atoms with Gasteiger partial charge in [-0.25, -0.2) is 0 Å². The SMILES string of the molecule is COc1cccc([C@H](c2sc3nc(-c4ccco4)nn3c2O)N2C[C@@H](C)C[C@H](C)C2)c1. The minimum atomic E-state index is -0.0964. The molecule has 3 aromatic heterocycles. The minimum absolute atomic E-state index is 0.0964. The Morgan fingerprint density at radius 1 is 1.19 bits per heavy atom. The second kappa shape index (κ2) is 8.01. The molecule has 4 aromatic rings. The number of piperidine rings is 1. The predicted octanol–water partition coefficient (Wildman–Crippen LogP) is 4.83. The molecule has 1 fully saturated rings. The van der Waals surface area contributed by atoms with Crippen LogP contribution in [0.3, 0.4) is 0 Å². The van der Waals surface area contributed by atoms with E-state index in [1.807, 2.05) is 18.2 Å². The Morgan fingerprint density at radius 2 is 2.00 bits per heavy atom. The lowest BCUT2D eigenvalue weighted by Crippen LogP contribution is -2.41. The highest BCUT2D eigenvalue weighted by Gasteiger charge is 2.34. The normalized spacial score (nSPS) is 20.9. The summed E-state index contributed by atoms with van der Waals surface area (Å²) in [6, 6.07) is 11.6. The second-order valence-electron chi connectivity index (χ2n) is 8.48. The smallest absolute Gasteiger partial charge is 0.230 e. The van der Waals surface area contributed by atoms with Gasteiger partial charge in [-0.1, -0.05) is 37.3 Å². The van der Waals surface area contributed by atoms with Crippen molar-refractivity contribution >= 4 is 16.3 Å². The van der Waals surface area contributed by atoms with E-state index in [0.29, 0.717) is 28.4 Å². The number of fused-ring (bicyclic) bond motifs is 1. The van der Waals surface area contributed by atoms with Crippen molar-refractivity contribution in [3.8, 4) is 23.2 Å². The van der Waals surface area contributed by atoms with Gasteiger partial charge in [0.15, 0.2) is 5.76 Å². The number of aromatic nitrogens is 3. The number of ether oxygens (including phenoxy) is 1. The maximum atomic E-state index is 11.2. The molecule has 0 aliphatic carbocycles. The van der Waals surface area contributed by atoms with Crippen molar-refractivity contribution in [1.82, 2.24) is 19.5 Å². The van der Waals surface area contributed by atoms with Crippen LogP contribution in [0.2, 0.25) is 0 Å². The van der Waals surface area contributed by atoms with Crippen LogP contribution < -0.4 is 4.74 Å². The summed E-state index contributed by atoms with van der Waals surface area (Å²) in [6.07, 6.45) is 2.81. The molecule has 1 aliphatic rings. The maximum absolute atomic E-state index is 11.2. The summed E-state index contributed by atoms with van der Waals surface area (Å²) >= 11 is 1.47. The van der Waals surface area contributed by atoms with Crippen LogP contribution in [0.5, 0.6) is 11.6 Å². The quantitative estimate of drug-likeness (QED) is 0.481. The zero-order chi connectivity index (χ0) is 21.5. The van der Waals surface area contributed by atoms with Crippen LogP contribution >= 0.6 is 11.3 Å². The molecule has 1 aliphatic heterocycles. The van der Waals surface area contributed by atoms with Gasteiger partial charge < -0.3 is 14.3 Å². The van der Waals surface area contributed by atoms with Crippen molar-refractivity contribution in [3.63, 3.8) is 0 Å². The van der Waals surface area contributed by atoms with E-state index in [4.69, 9.17) is 9.15 Å². The van der Waals surface area contributed by atoms with Gasteiger partial charge in [-0.2, -0.15) is 9.50 Å². The van der Waals surface area contributed by atoms with Crippen molar-refractivity contribution in [2.24, 2.45) is 11.8 Å². The van der Waals surface area contributed by atoms with Crippen LogP contribution in [0, 0.1) is 11.8 Å². The number of nitrogens with zero attached hydrogens (tertiary/aromatic N) is 4. The molecule has 0 radical (unpaired) electrons. The molecule has 5 rings (SSSR count). The number of benzene rings is 1. The van der Waals surface area contributed by atoms with E-state index < -0.39 is 0 Å². The number of furan rings is 1. The van der Waals surface area contributed by atoms with Crippen molar-refractivity contribution < 1.29 is 14.3 Å². The van der Waals surface area contributed by atoms with Gasteiger partial charge in [0.2, 0.25) is 16.7 Å². The van der Waals surface area contributed by atoms with Crippen LogP contribution in [0.25, 0.3) is 16.5 Å². The topological polar surface area (TPSA) is 76.0 Å². The fourth-order valence-electron chi connectivity index (χ4n) is 4.70. The molecule has 0 amide bonds. The predicted molar refractivity (Wildman–Crippen MR) is 120 cm³/mol. The molecule has 1 N–H and O–H groups in total. The summed E-state index contributed by atoms with van der Waals surface area (Å²) in [6.45, 7) is 6.53. The molecule has 3 atom stereocenters. The van der Waals surface area contributed by atoms with E-state index in [1.165, 1.54) is 22.3 Å². The molecule has 7 nitrogen and oxygen atoms in total. The van der Waals surface area contributed by atoms with E-state index in [2.05, 4.69) is 41.0 Å². The van der Waals surface area contributed by atoms with Gasteiger partial charge in [0.05, 0.1) is 24.3 Å². The van der Waals surface area contributed by atoms with Crippen LogP contribution in [0.4, 0.5) is 0 Å². The maximum Gasteiger partial charge on any atom is 0.230 e. The molecule has 31 heavy (non-hydrogen) atoms. The zero-order valence-corrected chi connectivity index (χ0v) is 18.7. The monoisotopic (exact) mass is 438 g/mol. The van der Waals surface area contributed by atoms with Gasteiger partial charge in [0, 0.05) is 13.1 Å². The number of hydrogen-bond donors (Lipinski definition) is 1. The Kier molecular flexibility index (Phi) is 5.19. The minimum Gasteiger partial charge on any atom is -0.497 e. The standard InChI is InChI=1S/C23H26N4O3S/c1-14-10-15(2)13-26(12-14)19(16-6-4-7-17(11-16)29-3)20-22(28)27-23(31-20)24-21(25-27)18-8-5-9-30-18/h4-9,11,14-15,19,28H,10,12-13H2,1-3H3/t14-,15-,19+/m0/s1. The van der Waals surface area contributed by atoms with Gasteiger partial charge in [0.1, 0.15) is 5.75 Å². The fraction of sp³-hybridized carbons (Fsp3) is 0.391. The van der Waals surface area contributed by atoms with E-state index in [0.717, 1.165) is 29.3 Å². The molecule has 0 bridgehead atoms. The third-order valence-corrected chi connectivity index (χ3v) is 6.93. The number of aromatic hydroxyl groups is 1. The Morgan fingerprint density at radius 3 is 2.68 bits per heavy atom. The molecule has 8 heteroatoms. The summed E-state index contributed by atoms with van der Waals surface area (Å²) in [5.41, 5.74) is 1.09. The van der Waals surface area contributed by atoms with E-state index in [9.17, 15) is 5.11 Å². The van der Waals surface area contributed by atoms with Crippen molar-refractivity contribution in [1.29, 1.82) is 0 Å². The molecule has 0 spiro atoms. The van der Waals surface area contributed by atoms with Gasteiger partial charge in [-0.15, -0.1) is 5.10 Å². The van der Waals surface area contributed by atoms with Crippen molar-refractivity contribution in [3.05, 3.63) is 53.1 Å². The van der Waals surface area contributed by atoms with Gasteiger partial charge in [-0.3, -0.25) is 4.90 Å². The largest absolute Gasteiger partial charge is 0.497 e. The molecule has 4 heterocycles. The van der Waals surface area contributed by atoms with Crippen LogP contribution in [-0.4, -0.2) is 44.8 Å². The average Bonchev–Trinajstić information content (AvgIpc) is 3.47. The lowest BCUT2D eigenvalue weighted by atomic mass is 9.89. The van der Waals surface area contributed by atoms with Crippen LogP contribution in [0.1, 0.15) is 36.8 Å². The lowest BCUT2D eigenvalue weighted by Gasteiger charge is -2.40. The summed E-state index contributed by atoms with van der Waals surface area (Å²) in [4.78, 5) is 8.55. The summed E-state index contributed by atoms with van der Waals surface area (Å²) in [7, 11) is 1.68. The van der Waals surface area contributed by atoms with Crippen molar-refractivity contribution in [2.45, 2.75) is 26.3 Å². The highest BCUT2D eigenvalue weighted by Crippen LogP contribution is 2.43. The Bertz CT molecular complexity index is 1170. The second-order valence-corrected chi connectivity index (χ2v) is 9.49. The first-order valence-electron chi connectivity index (χ1n) is 10.5. The highest BCUT2D eigenvalue weighted by molar-refractivity contribution is 7.17. The molecular weight excluding hydrogens is 412 g/mol. The summed E-state index contributed by atoms with van der Waals surface area (Å²) in [5.74, 6) is 3.17. The Balaban J connectivity index is 1.61. The molecule has 0 saturated carbocycles. The number of rotatable bonds is 5.